The van der Waals surface area contributed by atoms with Crippen molar-refractivity contribution >= 4 is 41.3 Å². The zero-order valence-electron chi connectivity index (χ0n) is 21.1. The second-order valence-electron chi connectivity index (χ2n) is 9.11. The molecule has 2 aromatic carbocycles. The van der Waals surface area contributed by atoms with Crippen LogP contribution in [0, 0.1) is 6.92 Å². The third kappa shape index (κ3) is 5.68. The Morgan fingerprint density at radius 2 is 1.79 bits per heavy atom. The number of ether oxygens (including phenoxy) is 1. The van der Waals surface area contributed by atoms with Crippen LogP contribution in [-0.2, 0) is 14.3 Å². The van der Waals surface area contributed by atoms with Gasteiger partial charge in [0.1, 0.15) is 23.8 Å². The molecule has 0 bridgehead atoms. The summed E-state index contributed by atoms with van der Waals surface area (Å²) in [6, 6.07) is 14.6. The van der Waals surface area contributed by atoms with Crippen molar-refractivity contribution < 1.29 is 33.4 Å². The zero-order chi connectivity index (χ0) is 27.5. The van der Waals surface area contributed by atoms with E-state index in [1.54, 1.807) is 43.3 Å². The van der Waals surface area contributed by atoms with Crippen LogP contribution in [0.4, 0.5) is 16.2 Å². The van der Waals surface area contributed by atoms with Crippen LogP contribution in [0.5, 0.6) is 0 Å². The molecule has 4 amide bonds. The molecule has 0 saturated carbocycles. The van der Waals surface area contributed by atoms with Crippen LogP contribution in [0.1, 0.15) is 21.7 Å². The molecule has 11 heteroatoms. The van der Waals surface area contributed by atoms with E-state index in [-0.39, 0.29) is 11.3 Å². The molecule has 0 aliphatic carbocycles. The first-order valence-corrected chi connectivity index (χ1v) is 12.3. The third-order valence-electron chi connectivity index (χ3n) is 6.44. The van der Waals surface area contributed by atoms with Crippen LogP contribution in [0.2, 0.25) is 0 Å². The van der Waals surface area contributed by atoms with Gasteiger partial charge >= 0.3 is 12.0 Å². The second kappa shape index (κ2) is 10.8. The minimum atomic E-state index is -1.02. The number of imide groups is 1. The van der Waals surface area contributed by atoms with Gasteiger partial charge in [0, 0.05) is 36.1 Å². The molecule has 0 spiro atoms. The highest BCUT2D eigenvalue weighted by Gasteiger charge is 2.35. The Balaban J connectivity index is 1.21. The van der Waals surface area contributed by atoms with E-state index in [2.05, 4.69) is 15.5 Å². The summed E-state index contributed by atoms with van der Waals surface area (Å²) in [5.41, 5.74) is 3.12. The fourth-order valence-electron chi connectivity index (χ4n) is 4.43. The van der Waals surface area contributed by atoms with E-state index < -0.39 is 30.4 Å². The van der Waals surface area contributed by atoms with Crippen LogP contribution in [0.3, 0.4) is 0 Å². The van der Waals surface area contributed by atoms with Crippen LogP contribution < -0.4 is 15.5 Å². The predicted octanol–water partition coefficient (Wildman–Crippen LogP) is 3.32. The SMILES string of the molecule is Cc1cc(C(=O)O)ccc1-c1ccc(/C=C2\NC(=O)N(CC(=O)Nc3ccc(N4CCOCC4)cc3)C2=O)o1. The van der Waals surface area contributed by atoms with Crippen molar-refractivity contribution in [3.05, 3.63) is 77.2 Å². The number of benzene rings is 2. The number of carboxylic acids is 1. The summed E-state index contributed by atoms with van der Waals surface area (Å²) in [7, 11) is 0. The van der Waals surface area contributed by atoms with Crippen molar-refractivity contribution in [2.45, 2.75) is 6.92 Å². The molecule has 0 radical (unpaired) electrons. The third-order valence-corrected chi connectivity index (χ3v) is 6.44. The number of amides is 4. The van der Waals surface area contributed by atoms with E-state index in [4.69, 9.17) is 14.3 Å². The summed E-state index contributed by atoms with van der Waals surface area (Å²) >= 11 is 0. The van der Waals surface area contributed by atoms with Gasteiger partial charge in [-0.25, -0.2) is 14.5 Å². The van der Waals surface area contributed by atoms with E-state index >= 15 is 0 Å². The van der Waals surface area contributed by atoms with E-state index in [0.717, 1.165) is 23.7 Å². The highest BCUT2D eigenvalue weighted by Crippen LogP contribution is 2.28. The number of anilines is 2. The number of hydrogen-bond acceptors (Lipinski definition) is 7. The summed E-state index contributed by atoms with van der Waals surface area (Å²) < 4.78 is 11.2. The fraction of sp³-hybridized carbons (Fsp3) is 0.214. The molecular formula is C28H26N4O7. The predicted molar refractivity (Wildman–Crippen MR) is 142 cm³/mol. The normalized spacial score (nSPS) is 16.5. The van der Waals surface area contributed by atoms with Gasteiger partial charge in [0.25, 0.3) is 5.91 Å². The Morgan fingerprint density at radius 1 is 1.05 bits per heavy atom. The number of rotatable bonds is 7. The Labute approximate surface area is 223 Å². The van der Waals surface area contributed by atoms with Crippen molar-refractivity contribution in [2.75, 3.05) is 43.1 Å². The first-order valence-electron chi connectivity index (χ1n) is 12.3. The molecule has 2 aliphatic rings. The minimum Gasteiger partial charge on any atom is -0.478 e. The number of aryl methyl sites for hydroxylation is 1. The maximum Gasteiger partial charge on any atom is 0.335 e. The highest BCUT2D eigenvalue weighted by molar-refractivity contribution is 6.15. The molecular weight excluding hydrogens is 504 g/mol. The molecule has 2 saturated heterocycles. The number of nitrogens with zero attached hydrogens (tertiary/aromatic N) is 2. The first kappa shape index (κ1) is 25.7. The molecule has 1 aromatic heterocycles. The number of nitrogens with one attached hydrogen (secondary N) is 2. The summed E-state index contributed by atoms with van der Waals surface area (Å²) in [6.45, 7) is 4.25. The minimum absolute atomic E-state index is 0.0264. The molecule has 3 aromatic rings. The molecule has 2 aliphatic heterocycles. The number of carboxylic acid groups (broad SMARTS) is 1. The average molecular weight is 531 g/mol. The maximum atomic E-state index is 12.8. The lowest BCUT2D eigenvalue weighted by Gasteiger charge is -2.28. The number of hydrogen-bond donors (Lipinski definition) is 3. The van der Waals surface area contributed by atoms with Crippen molar-refractivity contribution in [2.24, 2.45) is 0 Å². The lowest BCUT2D eigenvalue weighted by molar-refractivity contribution is -0.127. The average Bonchev–Trinajstić information content (AvgIpc) is 3.49. The molecule has 0 atom stereocenters. The van der Waals surface area contributed by atoms with Gasteiger partial charge in [0.05, 0.1) is 18.8 Å². The van der Waals surface area contributed by atoms with Gasteiger partial charge in [-0.15, -0.1) is 0 Å². The second-order valence-corrected chi connectivity index (χ2v) is 9.11. The van der Waals surface area contributed by atoms with Crippen molar-refractivity contribution in [3.8, 4) is 11.3 Å². The molecule has 3 N–H and O–H groups in total. The number of aromatic carboxylic acids is 1. The standard InChI is InChI=1S/C28H26N4O7/c1-17-14-18(27(35)36)2-8-22(17)24-9-7-21(39-24)15-23-26(34)32(28(37)30-23)16-25(33)29-19-3-5-20(6-4-19)31-10-12-38-13-11-31/h2-9,14-15H,10-13,16H2,1H3,(H,29,33)(H,30,37)(H,35,36)/b23-15-. The molecule has 200 valence electrons. The summed E-state index contributed by atoms with van der Waals surface area (Å²) in [5.74, 6) is -1.41. The number of morpholine rings is 1. The van der Waals surface area contributed by atoms with Gasteiger partial charge in [-0.05, 0) is 61.0 Å². The van der Waals surface area contributed by atoms with Crippen molar-refractivity contribution in [1.82, 2.24) is 10.2 Å². The van der Waals surface area contributed by atoms with Gasteiger partial charge in [0.2, 0.25) is 5.91 Å². The van der Waals surface area contributed by atoms with Crippen LogP contribution in [0.15, 0.2) is 64.7 Å². The Kier molecular flexibility index (Phi) is 7.15. The van der Waals surface area contributed by atoms with Gasteiger partial charge in [-0.3, -0.25) is 9.59 Å². The zero-order valence-corrected chi connectivity index (χ0v) is 21.1. The molecule has 3 heterocycles. The summed E-state index contributed by atoms with van der Waals surface area (Å²) in [4.78, 5) is 52.0. The lowest BCUT2D eigenvalue weighted by Crippen LogP contribution is -2.38. The number of carbonyl (C=O) groups excluding carboxylic acids is 3. The molecule has 11 nitrogen and oxygen atoms in total. The van der Waals surface area contributed by atoms with Crippen LogP contribution >= 0.6 is 0 Å². The molecule has 0 unspecified atom stereocenters. The number of urea groups is 1. The van der Waals surface area contributed by atoms with E-state index in [0.29, 0.717) is 41.5 Å². The van der Waals surface area contributed by atoms with Gasteiger partial charge < -0.3 is 29.8 Å². The van der Waals surface area contributed by atoms with Crippen LogP contribution in [0.25, 0.3) is 17.4 Å². The number of furan rings is 1. The Bertz CT molecular complexity index is 1470. The topological polar surface area (TPSA) is 141 Å². The fourth-order valence-corrected chi connectivity index (χ4v) is 4.43. The van der Waals surface area contributed by atoms with Crippen LogP contribution in [-0.4, -0.2) is 66.7 Å². The van der Waals surface area contributed by atoms with Crippen molar-refractivity contribution in [3.63, 3.8) is 0 Å². The number of carbonyl (C=O) groups is 4. The Hall–Kier alpha value is -4.90. The largest absolute Gasteiger partial charge is 0.478 e. The Morgan fingerprint density at radius 3 is 2.49 bits per heavy atom. The monoisotopic (exact) mass is 530 g/mol. The van der Waals surface area contributed by atoms with E-state index in [1.165, 1.54) is 12.1 Å². The van der Waals surface area contributed by atoms with Crippen molar-refractivity contribution in [1.29, 1.82) is 0 Å². The smallest absolute Gasteiger partial charge is 0.335 e. The first-order chi connectivity index (χ1) is 18.8. The molecule has 5 rings (SSSR count). The van der Waals surface area contributed by atoms with E-state index in [1.807, 2.05) is 12.1 Å². The molecule has 2 fully saturated rings. The quantitative estimate of drug-likeness (QED) is 0.312. The summed E-state index contributed by atoms with van der Waals surface area (Å²) in [5, 5.41) is 14.3. The lowest BCUT2D eigenvalue weighted by atomic mass is 10.0. The summed E-state index contributed by atoms with van der Waals surface area (Å²) in [6.07, 6.45) is 1.38. The van der Waals surface area contributed by atoms with Gasteiger partial charge in [-0.2, -0.15) is 0 Å². The highest BCUT2D eigenvalue weighted by atomic mass is 16.5. The van der Waals surface area contributed by atoms with Gasteiger partial charge in [-0.1, -0.05) is 6.07 Å². The van der Waals surface area contributed by atoms with Gasteiger partial charge in [0.15, 0.2) is 0 Å². The maximum absolute atomic E-state index is 12.8. The van der Waals surface area contributed by atoms with E-state index in [9.17, 15) is 19.2 Å². The molecule has 39 heavy (non-hydrogen) atoms.